The molecule has 64 valence electrons. The second kappa shape index (κ2) is 3.76. The lowest BCUT2D eigenvalue weighted by atomic mass is 10.2. The Balaban J connectivity index is 2.76. The Morgan fingerprint density at radius 1 is 1.50 bits per heavy atom. The summed E-state index contributed by atoms with van der Waals surface area (Å²) in [4.78, 5) is 3.99. The van der Waals surface area contributed by atoms with Gasteiger partial charge in [-0.05, 0) is 13.0 Å². The number of nitrogens with two attached hydrogens (primary N) is 1. The van der Waals surface area contributed by atoms with Gasteiger partial charge in [0.2, 0.25) is 0 Å². The molecule has 0 aliphatic rings. The van der Waals surface area contributed by atoms with E-state index in [0.29, 0.717) is 12.4 Å². The minimum absolute atomic E-state index is 0.266. The van der Waals surface area contributed by atoms with Gasteiger partial charge in [0.15, 0.2) is 0 Å². The lowest BCUT2D eigenvalue weighted by Crippen LogP contribution is -2.05. The number of aromatic hydroxyl groups is 1. The van der Waals surface area contributed by atoms with E-state index < -0.39 is 0 Å². The van der Waals surface area contributed by atoms with Gasteiger partial charge >= 0.3 is 0 Å². The first-order valence-electron chi connectivity index (χ1n) is 3.73. The molecule has 0 aliphatic carbocycles. The van der Waals surface area contributed by atoms with E-state index in [1.165, 1.54) is 0 Å². The SMILES string of the molecule is CC(N)=NCc1ccccc1O. The predicted octanol–water partition coefficient (Wildman–Crippen LogP) is 1.27. The van der Waals surface area contributed by atoms with Crippen LogP contribution in [0.15, 0.2) is 29.3 Å². The van der Waals surface area contributed by atoms with Crippen molar-refractivity contribution in [3.8, 4) is 5.75 Å². The Morgan fingerprint density at radius 2 is 2.17 bits per heavy atom. The van der Waals surface area contributed by atoms with E-state index in [1.807, 2.05) is 12.1 Å². The van der Waals surface area contributed by atoms with Crippen LogP contribution in [0.4, 0.5) is 0 Å². The Bertz CT molecular complexity index is 290. The van der Waals surface area contributed by atoms with Crippen LogP contribution in [0, 0.1) is 0 Å². The summed E-state index contributed by atoms with van der Waals surface area (Å²) >= 11 is 0. The number of hydrogen-bond donors (Lipinski definition) is 2. The average molecular weight is 164 g/mol. The summed E-state index contributed by atoms with van der Waals surface area (Å²) in [5, 5.41) is 9.31. The molecule has 1 rings (SSSR count). The third kappa shape index (κ3) is 2.27. The summed E-state index contributed by atoms with van der Waals surface area (Å²) in [6.45, 7) is 2.16. The van der Waals surface area contributed by atoms with Crippen LogP contribution in [-0.4, -0.2) is 10.9 Å². The zero-order valence-corrected chi connectivity index (χ0v) is 6.99. The number of hydrogen-bond acceptors (Lipinski definition) is 2. The fraction of sp³-hybridized carbons (Fsp3) is 0.222. The first kappa shape index (κ1) is 8.59. The molecule has 0 aliphatic heterocycles. The average Bonchev–Trinajstić information content (AvgIpc) is 2.03. The van der Waals surface area contributed by atoms with Crippen LogP contribution >= 0.6 is 0 Å². The molecule has 12 heavy (non-hydrogen) atoms. The summed E-state index contributed by atoms with van der Waals surface area (Å²) in [6, 6.07) is 7.09. The summed E-state index contributed by atoms with van der Waals surface area (Å²) < 4.78 is 0. The molecule has 0 heterocycles. The fourth-order valence-corrected chi connectivity index (χ4v) is 0.854. The molecule has 1 aromatic carbocycles. The molecular formula is C9H12N2O. The molecule has 0 saturated carbocycles. The quantitative estimate of drug-likeness (QED) is 0.510. The van der Waals surface area contributed by atoms with Crippen molar-refractivity contribution in [3.05, 3.63) is 29.8 Å². The molecule has 0 saturated heterocycles. The second-order valence-electron chi connectivity index (χ2n) is 2.59. The molecule has 1 aromatic rings. The highest BCUT2D eigenvalue weighted by atomic mass is 16.3. The standard InChI is InChI=1S/C9H12N2O/c1-7(10)11-6-8-4-2-3-5-9(8)12/h2-5,12H,6H2,1H3,(H2,10,11). The topological polar surface area (TPSA) is 58.6 Å². The van der Waals surface area contributed by atoms with Crippen LogP contribution in [0.5, 0.6) is 5.75 Å². The number of para-hydroxylation sites is 1. The molecule has 0 aromatic heterocycles. The number of nitrogens with zero attached hydrogens (tertiary/aromatic N) is 1. The number of amidine groups is 1. The molecule has 0 amide bonds. The van der Waals surface area contributed by atoms with Gasteiger partial charge in [-0.15, -0.1) is 0 Å². The normalized spacial score (nSPS) is 11.6. The van der Waals surface area contributed by atoms with Crippen molar-refractivity contribution in [3.63, 3.8) is 0 Å². The number of rotatable bonds is 2. The number of benzene rings is 1. The number of aliphatic imine (C=N–C) groups is 1. The largest absolute Gasteiger partial charge is 0.508 e. The van der Waals surface area contributed by atoms with E-state index in [-0.39, 0.29) is 5.75 Å². The molecule has 0 atom stereocenters. The summed E-state index contributed by atoms with van der Waals surface area (Å²) in [6.07, 6.45) is 0. The molecule has 0 bridgehead atoms. The molecule has 3 heteroatoms. The van der Waals surface area contributed by atoms with Crippen LogP contribution in [0.3, 0.4) is 0 Å². The Labute approximate surface area is 71.6 Å². The van der Waals surface area contributed by atoms with Gasteiger partial charge in [-0.3, -0.25) is 4.99 Å². The van der Waals surface area contributed by atoms with Gasteiger partial charge in [-0.2, -0.15) is 0 Å². The van der Waals surface area contributed by atoms with E-state index in [2.05, 4.69) is 4.99 Å². The van der Waals surface area contributed by atoms with Crippen molar-refractivity contribution >= 4 is 5.84 Å². The Kier molecular flexibility index (Phi) is 2.69. The monoisotopic (exact) mass is 164 g/mol. The minimum Gasteiger partial charge on any atom is -0.508 e. The molecule has 3 N–H and O–H groups in total. The Morgan fingerprint density at radius 3 is 2.75 bits per heavy atom. The highest BCUT2D eigenvalue weighted by Crippen LogP contribution is 2.15. The van der Waals surface area contributed by atoms with Gasteiger partial charge in [0.05, 0.1) is 12.4 Å². The number of phenols is 1. The molecule has 0 unspecified atom stereocenters. The predicted molar refractivity (Wildman–Crippen MR) is 49.1 cm³/mol. The van der Waals surface area contributed by atoms with Gasteiger partial charge in [-0.1, -0.05) is 18.2 Å². The molecule has 0 radical (unpaired) electrons. The highest BCUT2D eigenvalue weighted by Gasteiger charge is 1.96. The van der Waals surface area contributed by atoms with Gasteiger partial charge in [0.25, 0.3) is 0 Å². The summed E-state index contributed by atoms with van der Waals surface area (Å²) in [7, 11) is 0. The maximum absolute atomic E-state index is 9.31. The van der Waals surface area contributed by atoms with Crippen molar-refractivity contribution < 1.29 is 5.11 Å². The van der Waals surface area contributed by atoms with Crippen molar-refractivity contribution in [1.29, 1.82) is 0 Å². The highest BCUT2D eigenvalue weighted by molar-refractivity contribution is 5.77. The molecule has 0 spiro atoms. The third-order valence-corrected chi connectivity index (χ3v) is 1.49. The summed E-state index contributed by atoms with van der Waals surface area (Å²) in [5.41, 5.74) is 6.15. The first-order chi connectivity index (χ1) is 5.70. The van der Waals surface area contributed by atoms with Crippen LogP contribution in [0.1, 0.15) is 12.5 Å². The van der Waals surface area contributed by atoms with E-state index in [0.717, 1.165) is 5.56 Å². The van der Waals surface area contributed by atoms with Crippen LogP contribution in [0.2, 0.25) is 0 Å². The van der Waals surface area contributed by atoms with Crippen molar-refractivity contribution in [2.75, 3.05) is 0 Å². The van der Waals surface area contributed by atoms with E-state index in [4.69, 9.17) is 5.73 Å². The van der Waals surface area contributed by atoms with Crippen molar-refractivity contribution in [2.45, 2.75) is 13.5 Å². The van der Waals surface area contributed by atoms with E-state index in [1.54, 1.807) is 19.1 Å². The smallest absolute Gasteiger partial charge is 0.120 e. The molecular weight excluding hydrogens is 152 g/mol. The maximum atomic E-state index is 9.31. The van der Waals surface area contributed by atoms with Crippen LogP contribution in [0.25, 0.3) is 0 Å². The van der Waals surface area contributed by atoms with Crippen LogP contribution < -0.4 is 5.73 Å². The summed E-state index contributed by atoms with van der Waals surface area (Å²) in [5.74, 6) is 0.792. The van der Waals surface area contributed by atoms with Gasteiger partial charge in [-0.25, -0.2) is 0 Å². The minimum atomic E-state index is 0.266. The lowest BCUT2D eigenvalue weighted by molar-refractivity contribution is 0.468. The zero-order chi connectivity index (χ0) is 8.97. The van der Waals surface area contributed by atoms with Crippen LogP contribution in [-0.2, 0) is 6.54 Å². The van der Waals surface area contributed by atoms with Gasteiger partial charge < -0.3 is 10.8 Å². The fourth-order valence-electron chi connectivity index (χ4n) is 0.854. The zero-order valence-electron chi connectivity index (χ0n) is 6.99. The Hall–Kier alpha value is -1.51. The number of phenolic OH excluding ortho intramolecular Hbond substituents is 1. The second-order valence-corrected chi connectivity index (χ2v) is 2.59. The van der Waals surface area contributed by atoms with E-state index >= 15 is 0 Å². The lowest BCUT2D eigenvalue weighted by Gasteiger charge is -1.99. The first-order valence-corrected chi connectivity index (χ1v) is 3.73. The van der Waals surface area contributed by atoms with Gasteiger partial charge in [0.1, 0.15) is 5.75 Å². The third-order valence-electron chi connectivity index (χ3n) is 1.49. The van der Waals surface area contributed by atoms with E-state index in [9.17, 15) is 5.11 Å². The maximum Gasteiger partial charge on any atom is 0.120 e. The van der Waals surface area contributed by atoms with Gasteiger partial charge in [0, 0.05) is 5.56 Å². The van der Waals surface area contributed by atoms with Crippen molar-refractivity contribution in [2.24, 2.45) is 10.7 Å². The van der Waals surface area contributed by atoms with Crippen molar-refractivity contribution in [1.82, 2.24) is 0 Å². The molecule has 3 nitrogen and oxygen atoms in total. The molecule has 0 fully saturated rings.